The number of halogens is 2. The number of benzene rings is 1. The second kappa shape index (κ2) is 6.73. The monoisotopic (exact) mass is 350 g/mol. The summed E-state index contributed by atoms with van der Waals surface area (Å²) in [5.74, 6) is 0. The van der Waals surface area contributed by atoms with Gasteiger partial charge in [-0.3, -0.25) is 0 Å². The van der Waals surface area contributed by atoms with Crippen molar-refractivity contribution in [3.05, 3.63) is 22.2 Å². The number of anilines is 1. The molecule has 1 aromatic carbocycles. The van der Waals surface area contributed by atoms with Gasteiger partial charge in [0.15, 0.2) is 0 Å². The van der Waals surface area contributed by atoms with Gasteiger partial charge in [-0.2, -0.15) is 4.31 Å². The largest absolute Gasteiger partial charge is 0.398 e. The van der Waals surface area contributed by atoms with E-state index in [4.69, 9.17) is 28.9 Å². The van der Waals surface area contributed by atoms with Crippen LogP contribution in [0.2, 0.25) is 10.0 Å². The van der Waals surface area contributed by atoms with Crippen molar-refractivity contribution in [2.75, 3.05) is 12.3 Å². The fourth-order valence-electron chi connectivity index (χ4n) is 2.96. The van der Waals surface area contributed by atoms with Crippen molar-refractivity contribution < 1.29 is 8.42 Å². The molecule has 1 fully saturated rings. The van der Waals surface area contributed by atoms with Gasteiger partial charge in [0.25, 0.3) is 0 Å². The first-order chi connectivity index (χ1) is 9.87. The molecule has 118 valence electrons. The molecule has 0 atom stereocenters. The second-order valence-electron chi connectivity index (χ2n) is 5.31. The summed E-state index contributed by atoms with van der Waals surface area (Å²) in [7, 11) is -3.71. The lowest BCUT2D eigenvalue weighted by molar-refractivity contribution is 0.261. The molecule has 0 spiro atoms. The Balaban J connectivity index is 2.44. The maximum Gasteiger partial charge on any atom is 0.246 e. The van der Waals surface area contributed by atoms with Gasteiger partial charge in [-0.1, -0.05) is 49.4 Å². The molecule has 7 heteroatoms. The van der Waals surface area contributed by atoms with Gasteiger partial charge in [0.2, 0.25) is 10.0 Å². The van der Waals surface area contributed by atoms with Crippen LogP contribution in [0.5, 0.6) is 0 Å². The number of nitrogen functional groups attached to an aromatic ring is 1. The van der Waals surface area contributed by atoms with Crippen LogP contribution in [-0.2, 0) is 10.0 Å². The minimum Gasteiger partial charge on any atom is -0.398 e. The Morgan fingerprint density at radius 3 is 2.38 bits per heavy atom. The van der Waals surface area contributed by atoms with Crippen LogP contribution >= 0.6 is 23.2 Å². The smallest absolute Gasteiger partial charge is 0.246 e. The molecule has 0 heterocycles. The van der Waals surface area contributed by atoms with E-state index < -0.39 is 10.0 Å². The highest BCUT2D eigenvalue weighted by Crippen LogP contribution is 2.35. The van der Waals surface area contributed by atoms with Crippen LogP contribution in [0.1, 0.15) is 39.0 Å². The van der Waals surface area contributed by atoms with Crippen molar-refractivity contribution in [2.24, 2.45) is 0 Å². The number of sulfonamides is 1. The van der Waals surface area contributed by atoms with E-state index in [9.17, 15) is 8.42 Å². The molecule has 0 aromatic heterocycles. The van der Waals surface area contributed by atoms with Crippen molar-refractivity contribution in [1.29, 1.82) is 0 Å². The standard InChI is InChI=1S/C14H20Cl2N2O2S/c1-2-18(11-6-4-3-5-7-11)21(19,20)14-12(16)8-10(15)9-13(14)17/h8-9,11H,2-7,17H2,1H3. The molecule has 0 saturated heterocycles. The molecule has 0 radical (unpaired) electrons. The van der Waals surface area contributed by atoms with E-state index in [0.29, 0.717) is 11.6 Å². The van der Waals surface area contributed by atoms with E-state index >= 15 is 0 Å². The molecule has 0 unspecified atom stereocenters. The first-order valence-corrected chi connectivity index (χ1v) is 9.34. The molecule has 1 aliphatic rings. The third-order valence-corrected chi connectivity index (χ3v) is 6.67. The van der Waals surface area contributed by atoms with Crippen LogP contribution in [-0.4, -0.2) is 25.3 Å². The van der Waals surface area contributed by atoms with Crippen LogP contribution in [0, 0.1) is 0 Å². The Morgan fingerprint density at radius 2 is 1.86 bits per heavy atom. The summed E-state index contributed by atoms with van der Waals surface area (Å²) in [6, 6.07) is 2.87. The Morgan fingerprint density at radius 1 is 1.24 bits per heavy atom. The maximum atomic E-state index is 12.9. The van der Waals surface area contributed by atoms with Gasteiger partial charge in [0, 0.05) is 17.6 Å². The summed E-state index contributed by atoms with van der Waals surface area (Å²) < 4.78 is 27.4. The molecular weight excluding hydrogens is 331 g/mol. The summed E-state index contributed by atoms with van der Waals surface area (Å²) in [5, 5.41) is 0.409. The molecule has 1 aliphatic carbocycles. The normalized spacial score (nSPS) is 17.3. The van der Waals surface area contributed by atoms with Crippen molar-refractivity contribution in [1.82, 2.24) is 4.31 Å². The fraction of sp³-hybridized carbons (Fsp3) is 0.571. The van der Waals surface area contributed by atoms with Gasteiger partial charge in [0.05, 0.1) is 10.7 Å². The highest BCUT2D eigenvalue weighted by molar-refractivity contribution is 7.89. The van der Waals surface area contributed by atoms with E-state index in [1.54, 1.807) is 0 Å². The summed E-state index contributed by atoms with van der Waals surface area (Å²) >= 11 is 12.0. The van der Waals surface area contributed by atoms with Gasteiger partial charge in [0.1, 0.15) is 4.90 Å². The minimum atomic E-state index is -3.71. The van der Waals surface area contributed by atoms with Crippen LogP contribution < -0.4 is 5.73 Å². The lowest BCUT2D eigenvalue weighted by atomic mass is 9.95. The van der Waals surface area contributed by atoms with Crippen molar-refractivity contribution in [3.63, 3.8) is 0 Å². The van der Waals surface area contributed by atoms with Gasteiger partial charge in [-0.05, 0) is 25.0 Å². The topological polar surface area (TPSA) is 63.4 Å². The number of hydrogen-bond donors (Lipinski definition) is 1. The average Bonchev–Trinajstić information content (AvgIpc) is 2.38. The summed E-state index contributed by atoms with van der Waals surface area (Å²) in [6.07, 6.45) is 5.05. The quantitative estimate of drug-likeness (QED) is 0.837. The molecule has 4 nitrogen and oxygen atoms in total. The van der Waals surface area contributed by atoms with Crippen LogP contribution in [0.3, 0.4) is 0 Å². The molecule has 21 heavy (non-hydrogen) atoms. The van der Waals surface area contributed by atoms with Gasteiger partial charge >= 0.3 is 0 Å². The lowest BCUT2D eigenvalue weighted by Gasteiger charge is -2.33. The molecule has 0 amide bonds. The van der Waals surface area contributed by atoms with E-state index in [1.165, 1.54) is 16.4 Å². The van der Waals surface area contributed by atoms with Crippen molar-refractivity contribution in [3.8, 4) is 0 Å². The molecule has 0 bridgehead atoms. The fourth-order valence-corrected chi connectivity index (χ4v) is 5.60. The minimum absolute atomic E-state index is 0.0269. The number of nitrogens with two attached hydrogens (primary N) is 1. The van der Waals surface area contributed by atoms with E-state index in [-0.39, 0.29) is 21.6 Å². The predicted molar refractivity (Wildman–Crippen MR) is 87.3 cm³/mol. The highest BCUT2D eigenvalue weighted by Gasteiger charge is 2.34. The summed E-state index contributed by atoms with van der Waals surface area (Å²) in [5.41, 5.74) is 5.95. The third-order valence-electron chi connectivity index (χ3n) is 3.90. The first kappa shape index (κ1) is 16.9. The van der Waals surface area contributed by atoms with Crippen molar-refractivity contribution >= 4 is 38.9 Å². The molecular formula is C14H20Cl2N2O2S. The number of nitrogens with zero attached hydrogens (tertiary/aromatic N) is 1. The average molecular weight is 351 g/mol. The first-order valence-electron chi connectivity index (χ1n) is 7.14. The SMILES string of the molecule is CCN(C1CCCCC1)S(=O)(=O)c1c(N)cc(Cl)cc1Cl. The Bertz CT molecular complexity index is 590. The Hall–Kier alpha value is -0.490. The zero-order valence-electron chi connectivity index (χ0n) is 12.0. The summed E-state index contributed by atoms with van der Waals surface area (Å²) in [4.78, 5) is -0.0269. The number of rotatable bonds is 4. The van der Waals surface area contributed by atoms with Crippen LogP contribution in [0.25, 0.3) is 0 Å². The van der Waals surface area contributed by atoms with E-state index in [1.807, 2.05) is 6.92 Å². The van der Waals surface area contributed by atoms with Gasteiger partial charge in [-0.15, -0.1) is 0 Å². The van der Waals surface area contributed by atoms with E-state index in [2.05, 4.69) is 0 Å². The molecule has 1 aromatic rings. The van der Waals surface area contributed by atoms with E-state index in [0.717, 1.165) is 32.1 Å². The second-order valence-corrected chi connectivity index (χ2v) is 7.98. The highest BCUT2D eigenvalue weighted by atomic mass is 35.5. The van der Waals surface area contributed by atoms with Crippen LogP contribution in [0.4, 0.5) is 5.69 Å². The summed E-state index contributed by atoms with van der Waals surface area (Å²) in [6.45, 7) is 2.25. The Labute approximate surface area is 136 Å². The zero-order valence-corrected chi connectivity index (χ0v) is 14.3. The number of hydrogen-bond acceptors (Lipinski definition) is 3. The third kappa shape index (κ3) is 3.47. The lowest BCUT2D eigenvalue weighted by Crippen LogP contribution is -2.41. The zero-order chi connectivity index (χ0) is 15.6. The van der Waals surface area contributed by atoms with Crippen molar-refractivity contribution in [2.45, 2.75) is 50.0 Å². The maximum absolute atomic E-state index is 12.9. The van der Waals surface area contributed by atoms with Crippen LogP contribution in [0.15, 0.2) is 17.0 Å². The van der Waals surface area contributed by atoms with Gasteiger partial charge in [-0.25, -0.2) is 8.42 Å². The molecule has 0 aliphatic heterocycles. The Kier molecular flexibility index (Phi) is 5.41. The predicted octanol–water partition coefficient (Wildman–Crippen LogP) is 3.92. The van der Waals surface area contributed by atoms with Gasteiger partial charge < -0.3 is 5.73 Å². The molecule has 2 N–H and O–H groups in total. The molecule has 1 saturated carbocycles. The molecule has 2 rings (SSSR count).